The largest absolute Gasteiger partial charge is 0.573 e. The van der Waals surface area contributed by atoms with E-state index in [0.717, 1.165) is 43.7 Å². The summed E-state index contributed by atoms with van der Waals surface area (Å²) in [5, 5.41) is 0. The monoisotopic (exact) mass is 570 g/mol. The summed E-state index contributed by atoms with van der Waals surface area (Å²) in [6, 6.07) is 9.58. The predicted octanol–water partition coefficient (Wildman–Crippen LogP) is 10.6. The highest BCUT2D eigenvalue weighted by Crippen LogP contribution is 2.41. The number of hydrogen-bond acceptors (Lipinski definition) is 1. The maximum atomic E-state index is 15.0. The van der Waals surface area contributed by atoms with Crippen LogP contribution >= 0.6 is 0 Å². The first-order valence-corrected chi connectivity index (χ1v) is 17.1. The van der Waals surface area contributed by atoms with Gasteiger partial charge in [-0.1, -0.05) is 76.1 Å². The first-order chi connectivity index (χ1) is 18.6. The molecule has 2 aromatic carbocycles. The van der Waals surface area contributed by atoms with Crippen molar-refractivity contribution in [2.75, 3.05) is 0 Å². The molecule has 39 heavy (non-hydrogen) atoms. The van der Waals surface area contributed by atoms with Crippen molar-refractivity contribution in [1.29, 1.82) is 0 Å². The maximum Gasteiger partial charge on any atom is 0.573 e. The molecule has 1 saturated heterocycles. The zero-order chi connectivity index (χ0) is 28.0. The molecule has 216 valence electrons. The number of alkyl halides is 3. The third-order valence-corrected chi connectivity index (χ3v) is 12.5. The summed E-state index contributed by atoms with van der Waals surface area (Å²) >= 11 is 0. The van der Waals surface area contributed by atoms with Crippen molar-refractivity contribution < 1.29 is 31.1 Å². The second-order valence-corrected chi connectivity index (χ2v) is 15.2. The van der Waals surface area contributed by atoms with Crippen molar-refractivity contribution in [2.24, 2.45) is 11.8 Å². The molecule has 0 unspecified atom stereocenters. The number of benzene rings is 2. The fourth-order valence-corrected chi connectivity index (χ4v) is 10.3. The van der Waals surface area contributed by atoms with E-state index < -0.39 is 43.9 Å². The van der Waals surface area contributed by atoms with Crippen LogP contribution in [0.15, 0.2) is 30.3 Å². The summed E-state index contributed by atoms with van der Waals surface area (Å²) in [4.78, 5) is 0. The lowest BCUT2D eigenvalue weighted by molar-refractivity contribution is -0.275. The van der Waals surface area contributed by atoms with Crippen LogP contribution in [0.2, 0.25) is 18.1 Å². The van der Waals surface area contributed by atoms with E-state index in [9.17, 15) is 17.6 Å². The van der Waals surface area contributed by atoms with Gasteiger partial charge in [0.25, 0.3) is 0 Å². The number of hydrogen-bond donors (Lipinski definition) is 0. The van der Waals surface area contributed by atoms with Gasteiger partial charge < -0.3 is 4.74 Å². The lowest BCUT2D eigenvalue weighted by atomic mass is 9.76. The van der Waals surface area contributed by atoms with Crippen molar-refractivity contribution in [1.82, 2.24) is 0 Å². The topological polar surface area (TPSA) is 9.23 Å². The van der Waals surface area contributed by atoms with Crippen LogP contribution in [-0.2, 0) is 0 Å². The van der Waals surface area contributed by atoms with Gasteiger partial charge in [-0.15, -0.1) is 13.2 Å². The lowest BCUT2D eigenvalue weighted by Crippen LogP contribution is -2.22. The van der Waals surface area contributed by atoms with Gasteiger partial charge in [0.05, 0.1) is 5.56 Å². The highest BCUT2D eigenvalue weighted by atomic mass is 28.3. The second kappa shape index (κ2) is 13.6. The van der Waals surface area contributed by atoms with E-state index in [1.165, 1.54) is 75.2 Å². The highest BCUT2D eigenvalue weighted by Gasteiger charge is 2.33. The lowest BCUT2D eigenvalue weighted by Gasteiger charge is -2.32. The van der Waals surface area contributed by atoms with Gasteiger partial charge in [-0.05, 0) is 78.8 Å². The van der Waals surface area contributed by atoms with E-state index in [0.29, 0.717) is 17.5 Å². The Kier molecular flexibility index (Phi) is 10.5. The molecular formula is C31H40F6OSi. The average Bonchev–Trinajstić information content (AvgIpc) is 2.89. The molecule has 0 spiro atoms. The SMILES string of the molecule is CCCCC[Si@H]1CC[C@H](CCC2CCC(c3cc(F)c(-c4ccc(OC(F)(F)F)c(F)c4)c(F)c3)CC2)CC1. The van der Waals surface area contributed by atoms with Gasteiger partial charge in [0.2, 0.25) is 0 Å². The minimum atomic E-state index is -5.06. The van der Waals surface area contributed by atoms with Crippen molar-refractivity contribution >= 4 is 8.80 Å². The van der Waals surface area contributed by atoms with Crippen molar-refractivity contribution in [3.63, 3.8) is 0 Å². The first-order valence-electron chi connectivity index (χ1n) is 14.7. The number of unbranched alkanes of at least 4 members (excludes halogenated alkanes) is 2. The van der Waals surface area contributed by atoms with Crippen LogP contribution in [0.25, 0.3) is 11.1 Å². The Morgan fingerprint density at radius 1 is 0.795 bits per heavy atom. The van der Waals surface area contributed by atoms with Gasteiger partial charge in [-0.3, -0.25) is 0 Å². The molecule has 0 bridgehead atoms. The molecule has 1 saturated carbocycles. The quantitative estimate of drug-likeness (QED) is 0.157. The Morgan fingerprint density at radius 3 is 1.97 bits per heavy atom. The maximum absolute atomic E-state index is 15.0. The molecular weight excluding hydrogens is 530 g/mol. The van der Waals surface area contributed by atoms with Gasteiger partial charge in [0.1, 0.15) is 11.6 Å². The molecule has 0 radical (unpaired) electrons. The van der Waals surface area contributed by atoms with E-state index >= 15 is 8.78 Å². The van der Waals surface area contributed by atoms with Gasteiger partial charge in [-0.25, -0.2) is 13.2 Å². The van der Waals surface area contributed by atoms with Gasteiger partial charge in [-0.2, -0.15) is 0 Å². The standard InChI is InChI=1S/C31H40F6OSi/c1-2-3-4-15-39-16-13-22(14-17-39)6-5-21-7-9-23(10-8-21)25-19-27(33)30(28(34)20-25)24-11-12-29(26(32)18-24)38-31(35,36)37/h11-12,18-23,39H,2-10,13-17H2,1H3/t21?,22-,23?,39-. The van der Waals surface area contributed by atoms with Gasteiger partial charge in [0.15, 0.2) is 11.6 Å². The predicted molar refractivity (Wildman–Crippen MR) is 146 cm³/mol. The van der Waals surface area contributed by atoms with Crippen molar-refractivity contribution in [2.45, 2.75) is 108 Å². The third-order valence-electron chi connectivity index (χ3n) is 8.99. The summed E-state index contributed by atoms with van der Waals surface area (Å²) in [7, 11) is -0.470. The minimum absolute atomic E-state index is 0.0724. The molecule has 1 nitrogen and oxygen atoms in total. The first kappa shape index (κ1) is 30.0. The van der Waals surface area contributed by atoms with Crippen LogP contribution in [0.5, 0.6) is 5.75 Å². The number of rotatable bonds is 10. The highest BCUT2D eigenvalue weighted by molar-refractivity contribution is 6.58. The van der Waals surface area contributed by atoms with Crippen LogP contribution in [-0.4, -0.2) is 15.2 Å². The molecule has 2 aromatic rings. The molecule has 0 amide bonds. The fraction of sp³-hybridized carbons (Fsp3) is 0.613. The van der Waals surface area contributed by atoms with Gasteiger partial charge in [0, 0.05) is 8.80 Å². The van der Waals surface area contributed by atoms with Crippen LogP contribution in [0.3, 0.4) is 0 Å². The third kappa shape index (κ3) is 8.51. The molecule has 1 aliphatic heterocycles. The van der Waals surface area contributed by atoms with E-state index in [1.807, 2.05) is 0 Å². The Labute approximate surface area is 229 Å². The molecule has 2 fully saturated rings. The Morgan fingerprint density at radius 2 is 1.41 bits per heavy atom. The molecule has 0 aromatic heterocycles. The van der Waals surface area contributed by atoms with Crippen LogP contribution in [0.4, 0.5) is 26.3 Å². The summed E-state index contributed by atoms with van der Waals surface area (Å²) in [5.41, 5.74) is -0.0333. The minimum Gasteiger partial charge on any atom is -0.403 e. The zero-order valence-corrected chi connectivity index (χ0v) is 23.9. The van der Waals surface area contributed by atoms with E-state index in [-0.39, 0.29) is 11.5 Å². The van der Waals surface area contributed by atoms with Crippen molar-refractivity contribution in [3.8, 4) is 16.9 Å². The van der Waals surface area contributed by atoms with Gasteiger partial charge >= 0.3 is 6.36 Å². The average molecular weight is 571 g/mol. The summed E-state index contributed by atoms with van der Waals surface area (Å²) in [6.07, 6.45) is 8.37. The van der Waals surface area contributed by atoms with E-state index in [2.05, 4.69) is 11.7 Å². The number of halogens is 6. The normalized spacial score (nSPS) is 24.1. The van der Waals surface area contributed by atoms with Crippen LogP contribution in [0, 0.1) is 29.3 Å². The molecule has 0 N–H and O–H groups in total. The smallest absolute Gasteiger partial charge is 0.403 e. The molecule has 8 heteroatoms. The molecule has 2 aliphatic rings. The molecule has 1 heterocycles. The Balaban J connectivity index is 1.28. The Hall–Kier alpha value is -1.96. The van der Waals surface area contributed by atoms with Crippen LogP contribution in [0.1, 0.15) is 89.0 Å². The van der Waals surface area contributed by atoms with Crippen molar-refractivity contribution in [3.05, 3.63) is 53.3 Å². The summed E-state index contributed by atoms with van der Waals surface area (Å²) < 4.78 is 84.9. The van der Waals surface area contributed by atoms with E-state index in [1.54, 1.807) is 0 Å². The summed E-state index contributed by atoms with van der Waals surface area (Å²) in [5.74, 6) is -2.44. The zero-order valence-electron chi connectivity index (χ0n) is 22.8. The molecule has 1 aliphatic carbocycles. The second-order valence-electron chi connectivity index (χ2n) is 11.7. The van der Waals surface area contributed by atoms with Crippen LogP contribution < -0.4 is 4.74 Å². The number of ether oxygens (including phenoxy) is 1. The molecule has 4 rings (SSSR count). The summed E-state index contributed by atoms with van der Waals surface area (Å²) in [6.45, 7) is 2.27. The molecule has 0 atom stereocenters. The van der Waals surface area contributed by atoms with E-state index in [4.69, 9.17) is 0 Å². The Bertz CT molecular complexity index is 1050. The fourth-order valence-electron chi connectivity index (χ4n) is 6.72.